The Bertz CT molecular complexity index is 590. The molecule has 0 aliphatic heterocycles. The summed E-state index contributed by atoms with van der Waals surface area (Å²) in [4.78, 5) is 16.6. The van der Waals surface area contributed by atoms with Crippen LogP contribution in [0.25, 0.3) is 10.2 Å². The fraction of sp³-hybridized carbons (Fsp3) is 0.600. The van der Waals surface area contributed by atoms with Gasteiger partial charge in [-0.1, -0.05) is 13.8 Å². The van der Waals surface area contributed by atoms with Crippen molar-refractivity contribution >= 4 is 27.5 Å². The third-order valence-electron chi connectivity index (χ3n) is 3.35. The van der Waals surface area contributed by atoms with Crippen LogP contribution in [0, 0.1) is 12.8 Å². The highest BCUT2D eigenvalue weighted by Gasteiger charge is 2.23. The van der Waals surface area contributed by atoms with E-state index in [0.717, 1.165) is 27.3 Å². The number of aryl methyl sites for hydroxylation is 2. The number of fused-ring (bicyclic) bond motifs is 1. The lowest BCUT2D eigenvalue weighted by atomic mass is 10.1. The Hall–Kier alpha value is -1.36. The van der Waals surface area contributed by atoms with Crippen molar-refractivity contribution in [3.05, 3.63) is 16.6 Å². The zero-order valence-electron chi connectivity index (χ0n) is 13.1. The van der Waals surface area contributed by atoms with Crippen LogP contribution < -0.4 is 0 Å². The number of hydrogen-bond acceptors (Lipinski definition) is 3. The Morgan fingerprint density at radius 1 is 1.40 bits per heavy atom. The van der Waals surface area contributed by atoms with Gasteiger partial charge in [-0.25, -0.2) is 0 Å². The van der Waals surface area contributed by atoms with Crippen molar-refractivity contribution in [1.29, 1.82) is 0 Å². The van der Waals surface area contributed by atoms with Gasteiger partial charge in [0.25, 0.3) is 5.91 Å². The topological polar surface area (TPSA) is 38.1 Å². The number of rotatable bonds is 4. The molecule has 0 saturated heterocycles. The summed E-state index contributed by atoms with van der Waals surface area (Å²) < 4.78 is 1.86. The van der Waals surface area contributed by atoms with Gasteiger partial charge in [-0.05, 0) is 32.8 Å². The summed E-state index contributed by atoms with van der Waals surface area (Å²) in [5, 5.41) is 5.47. The predicted octanol–water partition coefficient (Wildman–Crippen LogP) is 3.45. The Morgan fingerprint density at radius 3 is 2.55 bits per heavy atom. The minimum absolute atomic E-state index is 0.134. The van der Waals surface area contributed by atoms with Crippen LogP contribution in [0.4, 0.5) is 0 Å². The van der Waals surface area contributed by atoms with E-state index in [9.17, 15) is 4.79 Å². The highest BCUT2D eigenvalue weighted by molar-refractivity contribution is 7.20. The molecular weight excluding hydrogens is 270 g/mol. The molecule has 0 bridgehead atoms. The first-order valence-electron chi connectivity index (χ1n) is 7.05. The van der Waals surface area contributed by atoms with Crippen LogP contribution in [0.1, 0.15) is 43.1 Å². The fourth-order valence-corrected chi connectivity index (χ4v) is 3.45. The minimum atomic E-state index is 0.134. The molecule has 0 aromatic carbocycles. The molecule has 2 heterocycles. The third-order valence-corrected chi connectivity index (χ3v) is 4.54. The molecule has 0 unspecified atom stereocenters. The van der Waals surface area contributed by atoms with Crippen molar-refractivity contribution in [2.45, 2.75) is 40.7 Å². The lowest BCUT2D eigenvalue weighted by Crippen LogP contribution is -2.39. The van der Waals surface area contributed by atoms with Crippen LogP contribution in [0.3, 0.4) is 0 Å². The smallest absolute Gasteiger partial charge is 0.264 e. The van der Waals surface area contributed by atoms with Gasteiger partial charge in [0.15, 0.2) is 0 Å². The van der Waals surface area contributed by atoms with Gasteiger partial charge in [-0.3, -0.25) is 9.48 Å². The molecule has 0 fully saturated rings. The van der Waals surface area contributed by atoms with Gasteiger partial charge in [-0.15, -0.1) is 11.3 Å². The SMILES string of the molecule is Cc1nn(C)c2sc(C(=O)N(CC(C)C)C(C)C)cc12. The number of aromatic nitrogens is 2. The molecule has 1 amide bonds. The first kappa shape index (κ1) is 15.0. The molecular formula is C15H23N3OS. The normalized spacial score (nSPS) is 11.8. The number of carbonyl (C=O) groups excluding carboxylic acids is 1. The van der Waals surface area contributed by atoms with Gasteiger partial charge < -0.3 is 4.90 Å². The summed E-state index contributed by atoms with van der Waals surface area (Å²) >= 11 is 1.53. The van der Waals surface area contributed by atoms with Crippen molar-refractivity contribution in [3.8, 4) is 0 Å². The number of carbonyl (C=O) groups is 1. The van der Waals surface area contributed by atoms with E-state index in [4.69, 9.17) is 0 Å². The summed E-state index contributed by atoms with van der Waals surface area (Å²) in [5.41, 5.74) is 0.984. The fourth-order valence-electron chi connectivity index (χ4n) is 2.37. The van der Waals surface area contributed by atoms with Crippen molar-refractivity contribution in [2.24, 2.45) is 13.0 Å². The van der Waals surface area contributed by atoms with Crippen molar-refractivity contribution in [1.82, 2.24) is 14.7 Å². The third kappa shape index (κ3) is 2.73. The van der Waals surface area contributed by atoms with Crippen molar-refractivity contribution < 1.29 is 4.79 Å². The van der Waals surface area contributed by atoms with Gasteiger partial charge in [0, 0.05) is 25.0 Å². The molecule has 4 nitrogen and oxygen atoms in total. The molecule has 2 rings (SSSR count). The molecule has 0 atom stereocenters. The second-order valence-electron chi connectivity index (χ2n) is 5.98. The second kappa shape index (κ2) is 5.56. The van der Waals surface area contributed by atoms with Gasteiger partial charge in [0.2, 0.25) is 0 Å². The van der Waals surface area contributed by atoms with Crippen LogP contribution in [0.5, 0.6) is 0 Å². The molecule has 2 aromatic rings. The Kier molecular flexibility index (Phi) is 4.18. The molecule has 2 aromatic heterocycles. The van der Waals surface area contributed by atoms with Crippen molar-refractivity contribution in [3.63, 3.8) is 0 Å². The van der Waals surface area contributed by atoms with E-state index < -0.39 is 0 Å². The summed E-state index contributed by atoms with van der Waals surface area (Å²) in [5.74, 6) is 0.605. The highest BCUT2D eigenvalue weighted by atomic mass is 32.1. The average Bonchev–Trinajstić information content (AvgIpc) is 2.88. The maximum Gasteiger partial charge on any atom is 0.264 e. The van der Waals surface area contributed by atoms with E-state index in [2.05, 4.69) is 32.8 Å². The van der Waals surface area contributed by atoms with E-state index in [1.54, 1.807) is 0 Å². The zero-order chi connectivity index (χ0) is 15.0. The standard InChI is InChI=1S/C15H23N3OS/c1-9(2)8-18(10(3)4)14(19)13-7-12-11(5)16-17(6)15(12)20-13/h7,9-10H,8H2,1-6H3. The van der Waals surface area contributed by atoms with E-state index in [1.807, 2.05) is 29.6 Å². The van der Waals surface area contributed by atoms with E-state index >= 15 is 0 Å². The summed E-state index contributed by atoms with van der Waals surface area (Å²) in [6.45, 7) is 11.2. The highest BCUT2D eigenvalue weighted by Crippen LogP contribution is 2.29. The van der Waals surface area contributed by atoms with Gasteiger partial charge >= 0.3 is 0 Å². The molecule has 0 spiro atoms. The quantitative estimate of drug-likeness (QED) is 0.866. The lowest BCUT2D eigenvalue weighted by molar-refractivity contribution is 0.0687. The largest absolute Gasteiger partial charge is 0.335 e. The molecule has 5 heteroatoms. The molecule has 20 heavy (non-hydrogen) atoms. The van der Waals surface area contributed by atoms with Crippen LogP contribution >= 0.6 is 11.3 Å². The Balaban J connectivity index is 2.36. The van der Waals surface area contributed by atoms with E-state index in [-0.39, 0.29) is 11.9 Å². The molecule has 0 aliphatic rings. The van der Waals surface area contributed by atoms with Gasteiger partial charge in [0.05, 0.1) is 10.6 Å². The molecule has 0 radical (unpaired) electrons. The van der Waals surface area contributed by atoms with Crippen LogP contribution in [0.2, 0.25) is 0 Å². The zero-order valence-corrected chi connectivity index (χ0v) is 13.9. The number of nitrogens with zero attached hydrogens (tertiary/aromatic N) is 3. The molecule has 0 N–H and O–H groups in total. The summed E-state index contributed by atoms with van der Waals surface area (Å²) in [6.07, 6.45) is 0. The Morgan fingerprint density at radius 2 is 2.05 bits per heavy atom. The number of thiophene rings is 1. The average molecular weight is 293 g/mol. The summed E-state index contributed by atoms with van der Waals surface area (Å²) in [7, 11) is 1.93. The number of amides is 1. The number of hydrogen-bond donors (Lipinski definition) is 0. The summed E-state index contributed by atoms with van der Waals surface area (Å²) in [6, 6.07) is 2.20. The van der Waals surface area contributed by atoms with Crippen molar-refractivity contribution in [2.75, 3.05) is 6.54 Å². The van der Waals surface area contributed by atoms with E-state index in [0.29, 0.717) is 5.92 Å². The molecule has 0 saturated carbocycles. The Labute approximate surface area is 124 Å². The predicted molar refractivity (Wildman–Crippen MR) is 84.3 cm³/mol. The van der Waals surface area contributed by atoms with Crippen LogP contribution in [0.15, 0.2) is 6.07 Å². The molecule has 0 aliphatic carbocycles. The maximum absolute atomic E-state index is 12.7. The minimum Gasteiger partial charge on any atom is -0.335 e. The van der Waals surface area contributed by atoms with Gasteiger partial charge in [0.1, 0.15) is 4.83 Å². The maximum atomic E-state index is 12.7. The van der Waals surface area contributed by atoms with Gasteiger partial charge in [-0.2, -0.15) is 5.10 Å². The van der Waals surface area contributed by atoms with E-state index in [1.165, 1.54) is 11.3 Å². The second-order valence-corrected chi connectivity index (χ2v) is 7.01. The molecule has 110 valence electrons. The monoisotopic (exact) mass is 293 g/mol. The first-order valence-corrected chi connectivity index (χ1v) is 7.87. The lowest BCUT2D eigenvalue weighted by Gasteiger charge is -2.28. The van der Waals surface area contributed by atoms with Crippen LogP contribution in [-0.4, -0.2) is 33.2 Å². The first-order chi connectivity index (χ1) is 9.31. The van der Waals surface area contributed by atoms with Crippen LogP contribution in [-0.2, 0) is 7.05 Å².